The smallest absolute Gasteiger partial charge is 0.345 e. The number of piperazine rings is 1. The second-order valence-corrected chi connectivity index (χ2v) is 17.8. The van der Waals surface area contributed by atoms with Gasteiger partial charge in [0.15, 0.2) is 5.82 Å². The molecule has 13 nitrogen and oxygen atoms in total. The number of nitrogens with zero attached hydrogens (tertiary/aromatic N) is 7. The lowest BCUT2D eigenvalue weighted by molar-refractivity contribution is -0.145. The van der Waals surface area contributed by atoms with Gasteiger partial charge < -0.3 is 24.2 Å². The molecule has 4 bridgehead atoms. The number of benzene rings is 4. The molecule has 1 N–H and O–H groups in total. The van der Waals surface area contributed by atoms with Gasteiger partial charge in [0.05, 0.1) is 23.8 Å². The topological polar surface area (TPSA) is 143 Å². The number of aliphatic carboxylic acids is 1. The van der Waals surface area contributed by atoms with Crippen molar-refractivity contribution in [3.63, 3.8) is 0 Å². The van der Waals surface area contributed by atoms with Gasteiger partial charge in [-0.15, -0.1) is 11.3 Å². The van der Waals surface area contributed by atoms with Crippen LogP contribution in [0.3, 0.4) is 0 Å². The Kier molecular flexibility index (Phi) is 13.2. The van der Waals surface area contributed by atoms with Crippen LogP contribution in [0.25, 0.3) is 43.2 Å². The molecule has 1 amide bonds. The second-order valence-electron chi connectivity index (χ2n) is 16.4. The quantitative estimate of drug-likeness (QED) is 0.140. The molecular formula is C50H47ClFN7O6S. The van der Waals surface area contributed by atoms with E-state index in [1.807, 2.05) is 66.4 Å². The Hall–Kier alpha value is -6.52. The highest BCUT2D eigenvalue weighted by molar-refractivity contribution is 7.22. The van der Waals surface area contributed by atoms with E-state index in [9.17, 15) is 19.1 Å². The highest BCUT2D eigenvalue weighted by Gasteiger charge is 2.29. The molecule has 4 aromatic carbocycles. The lowest BCUT2D eigenvalue weighted by Gasteiger charge is -2.35. The van der Waals surface area contributed by atoms with Crippen LogP contribution in [-0.4, -0.2) is 104 Å². The van der Waals surface area contributed by atoms with E-state index < -0.39 is 12.1 Å². The number of carboxylic acid groups (broad SMARTS) is 1. The third-order valence-corrected chi connectivity index (χ3v) is 13.8. The summed E-state index contributed by atoms with van der Waals surface area (Å²) in [5.74, 6) is 0.207. The summed E-state index contributed by atoms with van der Waals surface area (Å²) in [5, 5.41) is 12.0. The number of rotatable bonds is 10. The number of hydrogen-bond acceptors (Lipinski definition) is 12. The molecule has 16 heteroatoms. The molecule has 1 unspecified atom stereocenters. The maximum atomic E-state index is 14.3. The lowest BCUT2D eigenvalue weighted by atomic mass is 9.94. The van der Waals surface area contributed by atoms with Gasteiger partial charge in [-0.25, -0.2) is 29.1 Å². The van der Waals surface area contributed by atoms with Gasteiger partial charge in [0.1, 0.15) is 35.1 Å². The SMILES string of the molecule is COc1ccccc1-c1nccc(COc2ccc3cc2CC(C(=O)O)Oc2ncnc4sc(-c5ccc(F)cc5)c(c24)-c2ccc(c(Cl)c2C)CN(CCN2CCN(C(C)=O)CC2)C3)n1. The molecule has 6 heterocycles. The van der Waals surface area contributed by atoms with Crippen molar-refractivity contribution in [2.24, 2.45) is 0 Å². The normalized spacial score (nSPS) is 15.7. The van der Waals surface area contributed by atoms with Crippen LogP contribution in [0, 0.1) is 12.7 Å². The van der Waals surface area contributed by atoms with Crippen LogP contribution >= 0.6 is 22.9 Å². The highest BCUT2D eigenvalue weighted by atomic mass is 35.5. The number of methoxy groups -OCH3 is 1. The Morgan fingerprint density at radius 2 is 1.68 bits per heavy atom. The summed E-state index contributed by atoms with van der Waals surface area (Å²) in [5.41, 5.74) is 6.91. The predicted octanol–water partition coefficient (Wildman–Crippen LogP) is 8.73. The summed E-state index contributed by atoms with van der Waals surface area (Å²) in [6.45, 7) is 9.06. The number of carbonyl (C=O) groups excluding carboxylic acids is 1. The van der Waals surface area contributed by atoms with Gasteiger partial charge in [-0.2, -0.15) is 0 Å². The molecule has 3 aliphatic heterocycles. The third kappa shape index (κ3) is 9.56. The van der Waals surface area contributed by atoms with Gasteiger partial charge in [-0.3, -0.25) is 14.6 Å². The van der Waals surface area contributed by atoms with E-state index in [1.54, 1.807) is 38.4 Å². The van der Waals surface area contributed by atoms with Crippen molar-refractivity contribution < 1.29 is 33.3 Å². The first-order valence-electron chi connectivity index (χ1n) is 21.6. The van der Waals surface area contributed by atoms with Crippen LogP contribution in [0.5, 0.6) is 17.4 Å². The van der Waals surface area contributed by atoms with Crippen molar-refractivity contribution in [3.8, 4) is 50.3 Å². The number of para-hydroxylation sites is 1. The van der Waals surface area contributed by atoms with Crippen molar-refractivity contribution in [2.75, 3.05) is 46.4 Å². The van der Waals surface area contributed by atoms with Crippen LogP contribution in [0.1, 0.15) is 34.9 Å². The molecular weight excluding hydrogens is 881 g/mol. The zero-order valence-corrected chi connectivity index (χ0v) is 38.2. The first kappa shape index (κ1) is 44.7. The Morgan fingerprint density at radius 1 is 0.894 bits per heavy atom. The summed E-state index contributed by atoms with van der Waals surface area (Å²) in [6, 6.07) is 25.4. The van der Waals surface area contributed by atoms with Crippen LogP contribution < -0.4 is 14.2 Å². The molecule has 10 rings (SSSR count). The van der Waals surface area contributed by atoms with E-state index >= 15 is 0 Å². The second kappa shape index (κ2) is 19.5. The number of halogens is 2. The molecule has 0 aliphatic carbocycles. The fraction of sp³-hybridized carbons (Fsp3) is 0.280. The van der Waals surface area contributed by atoms with Gasteiger partial charge in [0.2, 0.25) is 17.9 Å². The minimum Gasteiger partial charge on any atom is -0.496 e. The largest absolute Gasteiger partial charge is 0.496 e. The average molecular weight is 928 g/mol. The summed E-state index contributed by atoms with van der Waals surface area (Å²) in [4.78, 5) is 51.8. The highest BCUT2D eigenvalue weighted by Crippen LogP contribution is 2.49. The molecule has 1 fully saturated rings. The summed E-state index contributed by atoms with van der Waals surface area (Å²) >= 11 is 8.76. The number of carboxylic acids is 1. The van der Waals surface area contributed by atoms with Crippen LogP contribution in [0.2, 0.25) is 5.02 Å². The van der Waals surface area contributed by atoms with Crippen LogP contribution in [0.15, 0.2) is 97.5 Å². The monoisotopic (exact) mass is 927 g/mol. The van der Waals surface area contributed by atoms with E-state index in [-0.39, 0.29) is 30.6 Å². The molecule has 1 atom stereocenters. The van der Waals surface area contributed by atoms with E-state index in [2.05, 4.69) is 24.8 Å². The standard InChI is InChI=1S/C50H47ClFN7O6S/c1-30-38-14-11-34(45(30)51)27-58(19-18-57-20-22-59(23-21-57)31(2)60)26-32-8-15-40(64-28-37-16-17-53-47(56-37)39-6-4-5-7-41(39)63-3)35(24-32)25-42(50(61)62)65-48-44-43(38)46(66-49(44)55-29-54-48)33-9-12-36(52)13-10-33/h4-17,24,29,42H,18-23,25-28H2,1-3H3,(H,61,62). The molecule has 3 aliphatic rings. The molecule has 3 aromatic heterocycles. The summed E-state index contributed by atoms with van der Waals surface area (Å²) in [7, 11) is 1.60. The number of ether oxygens (including phenoxy) is 3. The van der Waals surface area contributed by atoms with Gasteiger partial charge in [-0.1, -0.05) is 60.1 Å². The van der Waals surface area contributed by atoms with Gasteiger partial charge in [-0.05, 0) is 76.7 Å². The van der Waals surface area contributed by atoms with Crippen molar-refractivity contribution in [1.29, 1.82) is 0 Å². The molecule has 0 saturated carbocycles. The first-order chi connectivity index (χ1) is 32.0. The minimum atomic E-state index is -1.40. The van der Waals surface area contributed by atoms with Crippen molar-refractivity contribution in [3.05, 3.63) is 136 Å². The molecule has 1 saturated heterocycles. The van der Waals surface area contributed by atoms with Crippen LogP contribution in [0.4, 0.5) is 4.39 Å². The Balaban J connectivity index is 1.13. The number of fused-ring (bicyclic) bond motifs is 6. The van der Waals surface area contributed by atoms with E-state index in [0.29, 0.717) is 82.1 Å². The number of aromatic nitrogens is 4. The fourth-order valence-electron chi connectivity index (χ4n) is 8.61. The fourth-order valence-corrected chi connectivity index (χ4v) is 9.98. The summed E-state index contributed by atoms with van der Waals surface area (Å²) in [6.07, 6.45) is 1.57. The van der Waals surface area contributed by atoms with Gasteiger partial charge in [0, 0.05) is 87.4 Å². The van der Waals surface area contributed by atoms with Crippen molar-refractivity contribution in [1.82, 2.24) is 34.6 Å². The zero-order chi connectivity index (χ0) is 45.9. The van der Waals surface area contributed by atoms with E-state index in [1.165, 1.54) is 29.8 Å². The van der Waals surface area contributed by atoms with E-state index in [4.69, 9.17) is 30.8 Å². The Morgan fingerprint density at radius 3 is 2.45 bits per heavy atom. The molecule has 0 radical (unpaired) electrons. The molecule has 338 valence electrons. The number of hydrogen-bond donors (Lipinski definition) is 1. The Labute approximate surface area is 390 Å². The number of thiophene rings is 1. The zero-order valence-electron chi connectivity index (χ0n) is 36.7. The van der Waals surface area contributed by atoms with Crippen molar-refractivity contribution >= 4 is 45.0 Å². The van der Waals surface area contributed by atoms with Crippen LogP contribution in [-0.2, 0) is 35.7 Å². The minimum absolute atomic E-state index is 0.0659. The molecule has 7 aromatic rings. The van der Waals surface area contributed by atoms with E-state index in [0.717, 1.165) is 57.9 Å². The molecule has 66 heavy (non-hydrogen) atoms. The maximum absolute atomic E-state index is 14.3. The third-order valence-electron chi connectivity index (χ3n) is 12.1. The lowest BCUT2D eigenvalue weighted by Crippen LogP contribution is -2.49. The maximum Gasteiger partial charge on any atom is 0.345 e. The van der Waals surface area contributed by atoms with Crippen molar-refractivity contribution in [2.45, 2.75) is 46.1 Å². The van der Waals surface area contributed by atoms with Gasteiger partial charge in [0.25, 0.3) is 0 Å². The summed E-state index contributed by atoms with van der Waals surface area (Å²) < 4.78 is 32.8. The van der Waals surface area contributed by atoms with Gasteiger partial charge >= 0.3 is 5.97 Å². The Bertz CT molecular complexity index is 2930. The predicted molar refractivity (Wildman–Crippen MR) is 251 cm³/mol. The number of amides is 1. The first-order valence-corrected chi connectivity index (χ1v) is 22.8. The molecule has 0 spiro atoms. The average Bonchev–Trinajstić information content (AvgIpc) is 3.72. The number of carbonyl (C=O) groups is 2.